The zero-order chi connectivity index (χ0) is 21.9. The Hall–Kier alpha value is -1.18. The van der Waals surface area contributed by atoms with E-state index in [4.69, 9.17) is 14.2 Å². The Kier molecular flexibility index (Phi) is 3.96. The third-order valence-electron chi connectivity index (χ3n) is 10.5. The molecule has 0 aromatic rings. The summed E-state index contributed by atoms with van der Waals surface area (Å²) in [6, 6.07) is 0. The fourth-order valence-electron chi connectivity index (χ4n) is 10.0. The summed E-state index contributed by atoms with van der Waals surface area (Å²) in [7, 11) is 0. The zero-order valence-electron chi connectivity index (χ0n) is 18.6. The van der Waals surface area contributed by atoms with Crippen LogP contribution in [0.25, 0.3) is 0 Å². The number of hydrogen-bond donors (Lipinski definition) is 2. The Morgan fingerprint density at radius 2 is 1.53 bits per heavy atom. The van der Waals surface area contributed by atoms with Crippen LogP contribution >= 0.6 is 0 Å². The van der Waals surface area contributed by atoms with Gasteiger partial charge in [-0.05, 0) is 88.4 Å². The van der Waals surface area contributed by atoms with Crippen LogP contribution in [0.5, 0.6) is 0 Å². The molecule has 7 heteroatoms. The first-order chi connectivity index (χ1) is 15.2. The fourth-order valence-corrected chi connectivity index (χ4v) is 10.0. The molecule has 7 nitrogen and oxygen atoms in total. The second-order valence-corrected chi connectivity index (χ2v) is 12.8. The molecule has 9 aliphatic rings. The number of carboxylic acids is 1. The largest absolute Gasteiger partial charge is 0.481 e. The Balaban J connectivity index is 1.03. The fraction of sp³-hybridized carbons (Fsp3) is 0.920. The smallest absolute Gasteiger partial charge is 0.312 e. The number of hydrogen-bond acceptors (Lipinski definition) is 6. The molecule has 5 atom stereocenters. The molecule has 2 N–H and O–H groups in total. The van der Waals surface area contributed by atoms with E-state index in [1.165, 1.54) is 0 Å². The van der Waals surface area contributed by atoms with E-state index in [1.54, 1.807) is 0 Å². The van der Waals surface area contributed by atoms with Gasteiger partial charge in [-0.2, -0.15) is 0 Å². The van der Waals surface area contributed by atoms with Crippen LogP contribution in [0.1, 0.15) is 70.6 Å². The minimum Gasteiger partial charge on any atom is -0.481 e. The standard InChI is InChI=1S/C25H34O7/c26-20(27)22-4-14-2-17(9-22)25(18(3-14)10-22)31-12-19(32-25)11-30-21(28)23-5-15-1-16(6-23)8-24(29,7-15)13-23/h14-19,29H,1-13H2,(H,26,27). The van der Waals surface area contributed by atoms with E-state index in [-0.39, 0.29) is 30.5 Å². The summed E-state index contributed by atoms with van der Waals surface area (Å²) in [5.74, 6) is 0.0569. The molecule has 8 saturated carbocycles. The van der Waals surface area contributed by atoms with Crippen LogP contribution in [0, 0.1) is 40.4 Å². The van der Waals surface area contributed by atoms with Crippen molar-refractivity contribution in [2.24, 2.45) is 40.4 Å². The van der Waals surface area contributed by atoms with Crippen molar-refractivity contribution in [2.45, 2.75) is 88.1 Å². The SMILES string of the molecule is O=C(O)C12CC3CC(C1)C1(OCC(COC(=O)C45CC6CC(CC(O)(C6)C4)C5)O1)C(C3)C2. The van der Waals surface area contributed by atoms with Gasteiger partial charge in [0.15, 0.2) is 5.79 Å². The normalized spacial score (nSPS) is 56.8. The minimum atomic E-state index is -0.692. The van der Waals surface area contributed by atoms with Crippen molar-refractivity contribution >= 4 is 11.9 Å². The number of carbonyl (C=O) groups excluding carboxylic acids is 1. The van der Waals surface area contributed by atoms with E-state index in [2.05, 4.69) is 0 Å². The number of aliphatic carboxylic acids is 1. The van der Waals surface area contributed by atoms with Gasteiger partial charge in [-0.3, -0.25) is 9.59 Å². The van der Waals surface area contributed by atoms with Crippen molar-refractivity contribution in [3.63, 3.8) is 0 Å². The summed E-state index contributed by atoms with van der Waals surface area (Å²) >= 11 is 0. The van der Waals surface area contributed by atoms with Crippen LogP contribution in [0.3, 0.4) is 0 Å². The zero-order valence-corrected chi connectivity index (χ0v) is 18.6. The summed E-state index contributed by atoms with van der Waals surface area (Å²) in [6.45, 7) is 0.580. The molecule has 1 heterocycles. The predicted octanol–water partition coefficient (Wildman–Crippen LogP) is 2.88. The topological polar surface area (TPSA) is 102 Å². The van der Waals surface area contributed by atoms with Crippen LogP contribution in [-0.4, -0.2) is 52.9 Å². The lowest BCUT2D eigenvalue weighted by molar-refractivity contribution is -0.307. The molecule has 1 saturated heterocycles. The van der Waals surface area contributed by atoms with Crippen LogP contribution in [0.2, 0.25) is 0 Å². The first kappa shape index (κ1) is 20.2. The quantitative estimate of drug-likeness (QED) is 0.640. The van der Waals surface area contributed by atoms with E-state index < -0.39 is 28.2 Å². The minimum absolute atomic E-state index is 0.114. The molecule has 0 aromatic carbocycles. The third-order valence-corrected chi connectivity index (χ3v) is 10.5. The molecule has 1 aliphatic heterocycles. The third kappa shape index (κ3) is 2.65. The summed E-state index contributed by atoms with van der Waals surface area (Å²) in [6.07, 6.45) is 8.76. The van der Waals surface area contributed by atoms with Gasteiger partial charge in [0.1, 0.15) is 12.7 Å². The summed E-state index contributed by atoms with van der Waals surface area (Å²) in [4.78, 5) is 25.3. The van der Waals surface area contributed by atoms with Gasteiger partial charge < -0.3 is 24.4 Å². The maximum Gasteiger partial charge on any atom is 0.312 e. The average molecular weight is 447 g/mol. The highest BCUT2D eigenvalue weighted by Gasteiger charge is 2.68. The van der Waals surface area contributed by atoms with Crippen molar-refractivity contribution in [2.75, 3.05) is 13.2 Å². The lowest BCUT2D eigenvalue weighted by Crippen LogP contribution is -2.63. The molecule has 8 aliphatic carbocycles. The molecule has 32 heavy (non-hydrogen) atoms. The van der Waals surface area contributed by atoms with Crippen LogP contribution < -0.4 is 0 Å². The molecule has 9 fully saturated rings. The molecule has 9 rings (SSSR count). The predicted molar refractivity (Wildman–Crippen MR) is 110 cm³/mol. The van der Waals surface area contributed by atoms with Gasteiger partial charge in [0.05, 0.1) is 23.0 Å². The summed E-state index contributed by atoms with van der Waals surface area (Å²) in [5.41, 5.74) is -1.80. The van der Waals surface area contributed by atoms with Crippen LogP contribution in [0.4, 0.5) is 0 Å². The van der Waals surface area contributed by atoms with Gasteiger partial charge in [0.2, 0.25) is 0 Å². The van der Waals surface area contributed by atoms with Crippen molar-refractivity contribution in [1.29, 1.82) is 0 Å². The number of carboxylic acid groups (broad SMARTS) is 1. The number of esters is 1. The Morgan fingerprint density at radius 3 is 2.16 bits per heavy atom. The van der Waals surface area contributed by atoms with Gasteiger partial charge in [0.25, 0.3) is 0 Å². The van der Waals surface area contributed by atoms with E-state index in [0.717, 1.165) is 51.4 Å². The highest BCUT2D eigenvalue weighted by atomic mass is 16.8. The number of rotatable bonds is 4. The molecule has 5 unspecified atom stereocenters. The van der Waals surface area contributed by atoms with Crippen molar-refractivity contribution in [3.8, 4) is 0 Å². The first-order valence-corrected chi connectivity index (χ1v) is 12.7. The monoisotopic (exact) mass is 446 g/mol. The molecular formula is C25H34O7. The molecule has 1 spiro atoms. The van der Waals surface area contributed by atoms with Gasteiger partial charge in [-0.1, -0.05) is 0 Å². The summed E-state index contributed by atoms with van der Waals surface area (Å²) < 4.78 is 18.7. The van der Waals surface area contributed by atoms with Crippen molar-refractivity contribution < 1.29 is 34.0 Å². The van der Waals surface area contributed by atoms with Gasteiger partial charge in [-0.15, -0.1) is 0 Å². The van der Waals surface area contributed by atoms with E-state index >= 15 is 0 Å². The lowest BCUT2D eigenvalue weighted by atomic mass is 9.47. The molecule has 176 valence electrons. The van der Waals surface area contributed by atoms with Gasteiger partial charge in [0, 0.05) is 11.8 Å². The average Bonchev–Trinajstić information content (AvgIpc) is 3.13. The highest BCUT2D eigenvalue weighted by Crippen LogP contribution is 2.66. The molecule has 0 aromatic heterocycles. The van der Waals surface area contributed by atoms with Crippen molar-refractivity contribution in [1.82, 2.24) is 0 Å². The molecule has 0 amide bonds. The van der Waals surface area contributed by atoms with E-state index in [9.17, 15) is 19.8 Å². The maximum absolute atomic E-state index is 13.2. The molecular weight excluding hydrogens is 412 g/mol. The molecule has 8 bridgehead atoms. The first-order valence-electron chi connectivity index (χ1n) is 12.7. The number of aliphatic hydroxyl groups is 1. The van der Waals surface area contributed by atoms with Crippen LogP contribution in [0.15, 0.2) is 0 Å². The van der Waals surface area contributed by atoms with Crippen LogP contribution in [-0.2, 0) is 23.8 Å². The maximum atomic E-state index is 13.2. The van der Waals surface area contributed by atoms with Crippen molar-refractivity contribution in [3.05, 3.63) is 0 Å². The van der Waals surface area contributed by atoms with E-state index in [1.807, 2.05) is 0 Å². The number of ether oxygens (including phenoxy) is 3. The number of carbonyl (C=O) groups is 2. The second-order valence-electron chi connectivity index (χ2n) is 12.8. The van der Waals surface area contributed by atoms with E-state index in [0.29, 0.717) is 43.6 Å². The molecule has 0 radical (unpaired) electrons. The van der Waals surface area contributed by atoms with Gasteiger partial charge >= 0.3 is 11.9 Å². The second kappa shape index (κ2) is 6.28. The van der Waals surface area contributed by atoms with Gasteiger partial charge in [-0.25, -0.2) is 0 Å². The lowest BCUT2D eigenvalue weighted by Gasteiger charge is -2.61. The summed E-state index contributed by atoms with van der Waals surface area (Å²) in [5, 5.41) is 20.8. The highest BCUT2D eigenvalue weighted by molar-refractivity contribution is 5.78. The Morgan fingerprint density at radius 1 is 0.875 bits per heavy atom. The Bertz CT molecular complexity index is 836. The Labute approximate surface area is 188 Å².